The zero-order valence-corrected chi connectivity index (χ0v) is 14.9. The third kappa shape index (κ3) is 5.39. The van der Waals surface area contributed by atoms with Crippen LogP contribution in [0.25, 0.3) is 0 Å². The highest BCUT2D eigenvalue weighted by Gasteiger charge is 2.24. The van der Waals surface area contributed by atoms with Gasteiger partial charge < -0.3 is 10.1 Å². The Bertz CT molecular complexity index is 708. The van der Waals surface area contributed by atoms with E-state index in [1.54, 1.807) is 0 Å². The quantitative estimate of drug-likeness (QED) is 0.612. The number of halogens is 3. The topological polar surface area (TPSA) is 84.5 Å². The minimum atomic E-state index is -1.33. The SMILES string of the molecule is C[C@@H](OC(=O)c1cc(F)c(F)cc1Cl)C(=O)NC(=O)NC1CCCCC1. The molecule has 3 amide bonds. The lowest BCUT2D eigenvalue weighted by Crippen LogP contribution is -2.48. The van der Waals surface area contributed by atoms with E-state index in [0.717, 1.165) is 32.1 Å². The number of urea groups is 1. The fourth-order valence-electron chi connectivity index (χ4n) is 2.64. The van der Waals surface area contributed by atoms with Gasteiger partial charge in [-0.15, -0.1) is 0 Å². The van der Waals surface area contributed by atoms with Crippen molar-refractivity contribution in [3.05, 3.63) is 34.4 Å². The van der Waals surface area contributed by atoms with Crippen LogP contribution >= 0.6 is 11.6 Å². The van der Waals surface area contributed by atoms with Crippen LogP contribution in [-0.4, -0.2) is 30.1 Å². The van der Waals surface area contributed by atoms with Crippen LogP contribution in [0.15, 0.2) is 12.1 Å². The Kier molecular flexibility index (Phi) is 6.90. The molecule has 1 atom stereocenters. The number of imide groups is 1. The van der Waals surface area contributed by atoms with Crippen molar-refractivity contribution < 1.29 is 27.9 Å². The van der Waals surface area contributed by atoms with Crippen molar-refractivity contribution in [2.24, 2.45) is 0 Å². The first-order chi connectivity index (χ1) is 12.3. The molecule has 0 aromatic heterocycles. The van der Waals surface area contributed by atoms with Gasteiger partial charge >= 0.3 is 12.0 Å². The summed E-state index contributed by atoms with van der Waals surface area (Å²) in [6, 6.07) is 0.557. The number of amides is 3. The molecule has 0 bridgehead atoms. The molecule has 0 radical (unpaired) electrons. The van der Waals surface area contributed by atoms with Crippen LogP contribution in [0.4, 0.5) is 13.6 Å². The normalized spacial score (nSPS) is 15.8. The Morgan fingerprint density at radius 2 is 1.77 bits per heavy atom. The van der Waals surface area contributed by atoms with Crippen LogP contribution in [0.1, 0.15) is 49.4 Å². The molecule has 1 fully saturated rings. The number of carbonyl (C=O) groups is 3. The minimum absolute atomic E-state index is 0.00963. The molecule has 2 rings (SSSR count). The van der Waals surface area contributed by atoms with Crippen molar-refractivity contribution in [2.45, 2.75) is 51.2 Å². The first-order valence-electron chi connectivity index (χ1n) is 8.25. The molecule has 0 unspecified atom stereocenters. The van der Waals surface area contributed by atoms with Gasteiger partial charge in [-0.1, -0.05) is 30.9 Å². The molecular weight excluding hydrogens is 370 g/mol. The summed E-state index contributed by atoms with van der Waals surface area (Å²) < 4.78 is 31.1. The first-order valence-corrected chi connectivity index (χ1v) is 8.62. The van der Waals surface area contributed by atoms with Gasteiger partial charge in [0.25, 0.3) is 5.91 Å². The fraction of sp³-hybridized carbons (Fsp3) is 0.471. The van der Waals surface area contributed by atoms with Crippen molar-refractivity contribution in [1.82, 2.24) is 10.6 Å². The van der Waals surface area contributed by atoms with E-state index >= 15 is 0 Å². The number of benzene rings is 1. The van der Waals surface area contributed by atoms with E-state index in [-0.39, 0.29) is 11.1 Å². The standard InChI is InChI=1S/C17H19ClF2N2O4/c1-9(15(23)22-17(25)21-10-5-3-2-4-6-10)26-16(24)11-7-13(19)14(20)8-12(11)18/h7-10H,2-6H2,1H3,(H2,21,22,23,25)/t9-/m1/s1. The van der Waals surface area contributed by atoms with Gasteiger partial charge in [-0.05, 0) is 31.9 Å². The molecule has 142 valence electrons. The lowest BCUT2D eigenvalue weighted by Gasteiger charge is -2.23. The smallest absolute Gasteiger partial charge is 0.340 e. The van der Waals surface area contributed by atoms with E-state index in [2.05, 4.69) is 10.6 Å². The molecular formula is C17H19ClF2N2O4. The molecule has 1 aromatic rings. The lowest BCUT2D eigenvalue weighted by atomic mass is 9.96. The maximum absolute atomic E-state index is 13.2. The summed E-state index contributed by atoms with van der Waals surface area (Å²) in [4.78, 5) is 35.7. The molecule has 1 aromatic carbocycles. The molecule has 26 heavy (non-hydrogen) atoms. The van der Waals surface area contributed by atoms with Gasteiger partial charge in [-0.3, -0.25) is 10.1 Å². The number of hydrogen-bond donors (Lipinski definition) is 2. The van der Waals surface area contributed by atoms with E-state index in [0.29, 0.717) is 12.1 Å². The number of rotatable bonds is 4. The van der Waals surface area contributed by atoms with Crippen LogP contribution in [0.3, 0.4) is 0 Å². The summed E-state index contributed by atoms with van der Waals surface area (Å²) in [6.07, 6.45) is 3.52. The maximum atomic E-state index is 13.2. The van der Waals surface area contributed by atoms with Gasteiger partial charge in [0.2, 0.25) is 0 Å². The van der Waals surface area contributed by atoms with Gasteiger partial charge in [-0.25, -0.2) is 18.4 Å². The third-order valence-electron chi connectivity index (χ3n) is 4.06. The molecule has 0 aliphatic heterocycles. The molecule has 2 N–H and O–H groups in total. The van der Waals surface area contributed by atoms with Crippen LogP contribution in [0.2, 0.25) is 5.02 Å². The predicted molar refractivity (Wildman–Crippen MR) is 89.8 cm³/mol. The largest absolute Gasteiger partial charge is 0.449 e. The Labute approximate surface area is 154 Å². The summed E-state index contributed by atoms with van der Waals surface area (Å²) >= 11 is 5.68. The van der Waals surface area contributed by atoms with Crippen LogP contribution < -0.4 is 10.6 Å². The molecule has 1 saturated carbocycles. The Hall–Kier alpha value is -2.22. The second-order valence-corrected chi connectivity index (χ2v) is 6.50. The highest BCUT2D eigenvalue weighted by atomic mass is 35.5. The highest BCUT2D eigenvalue weighted by molar-refractivity contribution is 6.33. The van der Waals surface area contributed by atoms with Crippen LogP contribution in [0.5, 0.6) is 0 Å². The molecule has 0 heterocycles. The van der Waals surface area contributed by atoms with E-state index in [1.165, 1.54) is 6.92 Å². The zero-order valence-electron chi connectivity index (χ0n) is 14.1. The van der Waals surface area contributed by atoms with Crippen LogP contribution in [-0.2, 0) is 9.53 Å². The van der Waals surface area contributed by atoms with Gasteiger partial charge in [0.1, 0.15) is 0 Å². The van der Waals surface area contributed by atoms with Crippen molar-refractivity contribution in [3.63, 3.8) is 0 Å². The monoisotopic (exact) mass is 388 g/mol. The molecule has 0 spiro atoms. The van der Waals surface area contributed by atoms with E-state index < -0.39 is 41.2 Å². The van der Waals surface area contributed by atoms with E-state index in [1.807, 2.05) is 0 Å². The van der Waals surface area contributed by atoms with E-state index in [9.17, 15) is 23.2 Å². The van der Waals surface area contributed by atoms with Crippen molar-refractivity contribution in [2.75, 3.05) is 0 Å². The average molecular weight is 389 g/mol. The summed E-state index contributed by atoms with van der Waals surface area (Å²) in [5, 5.41) is 4.42. The highest BCUT2D eigenvalue weighted by Crippen LogP contribution is 2.21. The molecule has 6 nitrogen and oxygen atoms in total. The van der Waals surface area contributed by atoms with Gasteiger partial charge in [0.05, 0.1) is 10.6 Å². The van der Waals surface area contributed by atoms with Gasteiger partial charge in [0, 0.05) is 6.04 Å². The number of ether oxygens (including phenoxy) is 1. The second kappa shape index (κ2) is 8.93. The van der Waals surface area contributed by atoms with Crippen molar-refractivity contribution in [1.29, 1.82) is 0 Å². The zero-order chi connectivity index (χ0) is 19.3. The summed E-state index contributed by atoms with van der Waals surface area (Å²) in [5.41, 5.74) is -0.420. The number of esters is 1. The molecule has 0 saturated heterocycles. The number of nitrogens with one attached hydrogen (secondary N) is 2. The van der Waals surface area contributed by atoms with Gasteiger partial charge in [0.15, 0.2) is 17.7 Å². The Morgan fingerprint density at radius 3 is 2.42 bits per heavy atom. The summed E-state index contributed by atoms with van der Waals surface area (Å²) in [6.45, 7) is 1.24. The van der Waals surface area contributed by atoms with Crippen molar-refractivity contribution >= 4 is 29.5 Å². The summed E-state index contributed by atoms with van der Waals surface area (Å²) in [5.74, 6) is -4.43. The number of hydrogen-bond acceptors (Lipinski definition) is 4. The third-order valence-corrected chi connectivity index (χ3v) is 4.37. The van der Waals surface area contributed by atoms with Crippen LogP contribution in [0, 0.1) is 11.6 Å². The average Bonchev–Trinajstić information content (AvgIpc) is 2.58. The lowest BCUT2D eigenvalue weighted by molar-refractivity contribution is -0.127. The fourth-order valence-corrected chi connectivity index (χ4v) is 2.87. The molecule has 1 aliphatic rings. The molecule has 9 heteroatoms. The second-order valence-electron chi connectivity index (χ2n) is 6.09. The van der Waals surface area contributed by atoms with Crippen molar-refractivity contribution in [3.8, 4) is 0 Å². The number of carbonyl (C=O) groups excluding carboxylic acids is 3. The Balaban J connectivity index is 1.88. The maximum Gasteiger partial charge on any atom is 0.340 e. The van der Waals surface area contributed by atoms with E-state index in [4.69, 9.17) is 16.3 Å². The summed E-state index contributed by atoms with van der Waals surface area (Å²) in [7, 11) is 0. The molecule has 1 aliphatic carbocycles. The predicted octanol–water partition coefficient (Wildman–Crippen LogP) is 3.32. The Morgan fingerprint density at radius 1 is 1.15 bits per heavy atom. The minimum Gasteiger partial charge on any atom is -0.449 e. The first kappa shape index (κ1) is 20.1. The van der Waals surface area contributed by atoms with Gasteiger partial charge in [-0.2, -0.15) is 0 Å².